The fourth-order valence-corrected chi connectivity index (χ4v) is 1.92. The summed E-state index contributed by atoms with van der Waals surface area (Å²) in [5, 5.41) is 2.69. The second-order valence-electron chi connectivity index (χ2n) is 4.26. The van der Waals surface area contributed by atoms with Crippen LogP contribution in [-0.4, -0.2) is 18.6 Å². The first-order valence-electron chi connectivity index (χ1n) is 6.06. The zero-order valence-electron chi connectivity index (χ0n) is 11.2. The molecule has 0 heterocycles. The molecule has 0 radical (unpaired) electrons. The number of benzene rings is 1. The van der Waals surface area contributed by atoms with E-state index in [0.717, 1.165) is 10.0 Å². The number of amides is 1. The van der Waals surface area contributed by atoms with Crippen LogP contribution in [0.5, 0.6) is 5.75 Å². The molecular formula is C14H19BrN2O2. The highest BCUT2D eigenvalue weighted by Gasteiger charge is 2.17. The van der Waals surface area contributed by atoms with E-state index in [2.05, 4.69) is 27.8 Å². The van der Waals surface area contributed by atoms with Crippen LogP contribution in [0.3, 0.4) is 0 Å². The Labute approximate surface area is 122 Å². The Morgan fingerprint density at radius 2 is 2.26 bits per heavy atom. The molecule has 0 spiro atoms. The number of hydrogen-bond acceptors (Lipinski definition) is 3. The molecule has 1 rings (SSSR count). The molecule has 4 nitrogen and oxygen atoms in total. The van der Waals surface area contributed by atoms with E-state index in [4.69, 9.17) is 10.5 Å². The number of rotatable bonds is 6. The summed E-state index contributed by atoms with van der Waals surface area (Å²) in [5.41, 5.74) is 6.76. The lowest BCUT2D eigenvalue weighted by molar-refractivity contribution is -0.127. The SMILES string of the molecule is C=CCNC(=O)C(C)Oc1ccc(Br)cc1C(C)N. The second-order valence-corrected chi connectivity index (χ2v) is 5.18. The van der Waals surface area contributed by atoms with Gasteiger partial charge in [-0.05, 0) is 32.0 Å². The van der Waals surface area contributed by atoms with Gasteiger partial charge in [0.05, 0.1) is 0 Å². The number of carbonyl (C=O) groups excluding carboxylic acids is 1. The maximum atomic E-state index is 11.7. The van der Waals surface area contributed by atoms with E-state index in [-0.39, 0.29) is 11.9 Å². The first-order chi connectivity index (χ1) is 8.95. The first-order valence-corrected chi connectivity index (χ1v) is 6.85. The third kappa shape index (κ3) is 4.69. The standard InChI is InChI=1S/C14H19BrN2O2/c1-4-7-17-14(18)10(3)19-13-6-5-11(15)8-12(13)9(2)16/h4-6,8-10H,1,7,16H2,2-3H3,(H,17,18). The maximum absolute atomic E-state index is 11.7. The van der Waals surface area contributed by atoms with Gasteiger partial charge < -0.3 is 15.8 Å². The summed E-state index contributed by atoms with van der Waals surface area (Å²) in [5.74, 6) is 0.442. The van der Waals surface area contributed by atoms with Crippen molar-refractivity contribution in [2.24, 2.45) is 5.73 Å². The highest BCUT2D eigenvalue weighted by Crippen LogP contribution is 2.28. The van der Waals surface area contributed by atoms with Crippen molar-refractivity contribution in [3.05, 3.63) is 40.9 Å². The van der Waals surface area contributed by atoms with Crippen molar-refractivity contribution in [3.63, 3.8) is 0 Å². The van der Waals surface area contributed by atoms with E-state index in [0.29, 0.717) is 12.3 Å². The van der Waals surface area contributed by atoms with Crippen LogP contribution in [-0.2, 0) is 4.79 Å². The summed E-state index contributed by atoms with van der Waals surface area (Å²) in [7, 11) is 0. The average Bonchev–Trinajstić information content (AvgIpc) is 2.37. The minimum atomic E-state index is -0.585. The first kappa shape index (κ1) is 15.7. The van der Waals surface area contributed by atoms with Crippen LogP contribution in [0.15, 0.2) is 35.3 Å². The summed E-state index contributed by atoms with van der Waals surface area (Å²) in [6, 6.07) is 5.39. The molecule has 0 saturated heterocycles. The smallest absolute Gasteiger partial charge is 0.261 e. The zero-order valence-corrected chi connectivity index (χ0v) is 12.7. The van der Waals surface area contributed by atoms with Crippen molar-refractivity contribution in [2.45, 2.75) is 26.0 Å². The average molecular weight is 327 g/mol. The molecule has 5 heteroatoms. The van der Waals surface area contributed by atoms with Crippen molar-refractivity contribution in [1.82, 2.24) is 5.32 Å². The van der Waals surface area contributed by atoms with Gasteiger partial charge in [0.1, 0.15) is 5.75 Å². The van der Waals surface area contributed by atoms with Crippen LogP contribution in [0.4, 0.5) is 0 Å². The third-order valence-electron chi connectivity index (χ3n) is 2.56. The van der Waals surface area contributed by atoms with Gasteiger partial charge in [-0.15, -0.1) is 6.58 Å². The molecule has 1 amide bonds. The minimum absolute atomic E-state index is 0.170. The number of ether oxygens (including phenoxy) is 1. The molecule has 19 heavy (non-hydrogen) atoms. The molecule has 0 bridgehead atoms. The largest absolute Gasteiger partial charge is 0.481 e. The molecule has 2 atom stereocenters. The van der Waals surface area contributed by atoms with Gasteiger partial charge in [0.15, 0.2) is 6.10 Å². The number of halogens is 1. The molecule has 2 unspecified atom stereocenters. The Hall–Kier alpha value is -1.33. The minimum Gasteiger partial charge on any atom is -0.481 e. The quantitative estimate of drug-likeness (QED) is 0.789. The number of nitrogens with two attached hydrogens (primary N) is 1. The van der Waals surface area contributed by atoms with Crippen LogP contribution < -0.4 is 15.8 Å². The van der Waals surface area contributed by atoms with Gasteiger partial charge in [-0.1, -0.05) is 22.0 Å². The highest BCUT2D eigenvalue weighted by molar-refractivity contribution is 9.10. The lowest BCUT2D eigenvalue weighted by Gasteiger charge is -2.18. The number of carbonyl (C=O) groups is 1. The second kappa shape index (κ2) is 7.31. The predicted molar refractivity (Wildman–Crippen MR) is 80.0 cm³/mol. The molecule has 3 N–H and O–H groups in total. The van der Waals surface area contributed by atoms with Gasteiger partial charge in [-0.25, -0.2) is 0 Å². The lowest BCUT2D eigenvalue weighted by Crippen LogP contribution is -2.36. The van der Waals surface area contributed by atoms with Crippen molar-refractivity contribution >= 4 is 21.8 Å². The summed E-state index contributed by atoms with van der Waals surface area (Å²) in [6.07, 6.45) is 1.04. The predicted octanol–water partition coefficient (Wildman–Crippen LogP) is 2.54. The van der Waals surface area contributed by atoms with E-state index in [1.54, 1.807) is 19.1 Å². The number of hydrogen-bond donors (Lipinski definition) is 2. The van der Waals surface area contributed by atoms with Gasteiger partial charge in [0.2, 0.25) is 0 Å². The van der Waals surface area contributed by atoms with Crippen molar-refractivity contribution in [1.29, 1.82) is 0 Å². The molecule has 1 aromatic carbocycles. The molecule has 0 saturated carbocycles. The van der Waals surface area contributed by atoms with Gasteiger partial charge in [-0.2, -0.15) is 0 Å². The van der Waals surface area contributed by atoms with Crippen LogP contribution in [0.1, 0.15) is 25.5 Å². The summed E-state index contributed by atoms with van der Waals surface area (Å²) in [4.78, 5) is 11.7. The lowest BCUT2D eigenvalue weighted by atomic mass is 10.1. The van der Waals surface area contributed by atoms with Gasteiger partial charge in [0, 0.05) is 22.6 Å². The Morgan fingerprint density at radius 3 is 2.84 bits per heavy atom. The van der Waals surface area contributed by atoms with E-state index >= 15 is 0 Å². The molecule has 0 aliphatic carbocycles. The van der Waals surface area contributed by atoms with Crippen LogP contribution in [0.25, 0.3) is 0 Å². The normalized spacial score (nSPS) is 13.5. The Bertz CT molecular complexity index is 461. The van der Waals surface area contributed by atoms with Gasteiger partial charge >= 0.3 is 0 Å². The van der Waals surface area contributed by atoms with Crippen LogP contribution >= 0.6 is 15.9 Å². The van der Waals surface area contributed by atoms with E-state index in [9.17, 15) is 4.79 Å². The van der Waals surface area contributed by atoms with Crippen molar-refractivity contribution in [3.8, 4) is 5.75 Å². The van der Waals surface area contributed by atoms with Crippen molar-refractivity contribution in [2.75, 3.05) is 6.54 Å². The fourth-order valence-electron chi connectivity index (χ4n) is 1.54. The van der Waals surface area contributed by atoms with E-state index in [1.807, 2.05) is 19.1 Å². The summed E-state index contributed by atoms with van der Waals surface area (Å²) in [6.45, 7) is 7.54. The number of nitrogens with one attached hydrogen (secondary N) is 1. The molecule has 1 aromatic rings. The maximum Gasteiger partial charge on any atom is 0.261 e. The van der Waals surface area contributed by atoms with E-state index < -0.39 is 6.10 Å². The zero-order chi connectivity index (χ0) is 14.4. The Morgan fingerprint density at radius 1 is 1.58 bits per heavy atom. The molecule has 0 aliphatic rings. The highest BCUT2D eigenvalue weighted by atomic mass is 79.9. The molecule has 0 aromatic heterocycles. The monoisotopic (exact) mass is 326 g/mol. The Balaban J connectivity index is 2.81. The molecule has 0 aliphatic heterocycles. The van der Waals surface area contributed by atoms with Gasteiger partial charge in [-0.3, -0.25) is 4.79 Å². The Kier molecular flexibility index (Phi) is 6.05. The fraction of sp³-hybridized carbons (Fsp3) is 0.357. The van der Waals surface area contributed by atoms with Crippen LogP contribution in [0.2, 0.25) is 0 Å². The third-order valence-corrected chi connectivity index (χ3v) is 3.05. The molecule has 0 fully saturated rings. The van der Waals surface area contributed by atoms with Gasteiger partial charge in [0.25, 0.3) is 5.91 Å². The van der Waals surface area contributed by atoms with Crippen LogP contribution in [0, 0.1) is 0 Å². The van der Waals surface area contributed by atoms with Crippen molar-refractivity contribution < 1.29 is 9.53 Å². The molecule has 104 valence electrons. The topological polar surface area (TPSA) is 64.3 Å². The van der Waals surface area contributed by atoms with E-state index in [1.165, 1.54) is 0 Å². The summed E-state index contributed by atoms with van der Waals surface area (Å²) < 4.78 is 6.60. The molecular weight excluding hydrogens is 308 g/mol. The summed E-state index contributed by atoms with van der Waals surface area (Å²) >= 11 is 3.39.